The molecule has 2 rings (SSSR count). The molecule has 1 amide bonds. The standard InChI is InChI=1S/C12H12ClNO/c1-2-12(15)14-11-7-6-8-9(11)4-3-5-10(8)13/h2-5,11H,1,6-7H2,(H,14,15). The second-order valence-electron chi connectivity index (χ2n) is 3.61. The van der Waals surface area contributed by atoms with Crippen LogP contribution in [0.1, 0.15) is 23.6 Å². The summed E-state index contributed by atoms with van der Waals surface area (Å²) < 4.78 is 0. The largest absolute Gasteiger partial charge is 0.346 e. The maximum absolute atomic E-state index is 11.2. The summed E-state index contributed by atoms with van der Waals surface area (Å²) in [6, 6.07) is 5.91. The van der Waals surface area contributed by atoms with Crippen molar-refractivity contribution in [2.45, 2.75) is 18.9 Å². The molecule has 1 aromatic carbocycles. The van der Waals surface area contributed by atoms with Gasteiger partial charge in [-0.2, -0.15) is 0 Å². The van der Waals surface area contributed by atoms with Gasteiger partial charge in [-0.05, 0) is 36.1 Å². The summed E-state index contributed by atoms with van der Waals surface area (Å²) in [5.41, 5.74) is 2.30. The number of carbonyl (C=O) groups excluding carboxylic acids is 1. The van der Waals surface area contributed by atoms with E-state index in [1.54, 1.807) is 0 Å². The van der Waals surface area contributed by atoms with E-state index in [0.717, 1.165) is 29.0 Å². The Kier molecular flexibility index (Phi) is 2.78. The fraction of sp³-hybridized carbons (Fsp3) is 0.250. The Morgan fingerprint density at radius 3 is 3.13 bits per heavy atom. The zero-order chi connectivity index (χ0) is 10.8. The molecule has 0 bridgehead atoms. The first-order valence-electron chi connectivity index (χ1n) is 4.92. The van der Waals surface area contributed by atoms with Gasteiger partial charge in [0.1, 0.15) is 0 Å². The van der Waals surface area contributed by atoms with Crippen molar-refractivity contribution in [1.82, 2.24) is 5.32 Å². The third-order valence-corrected chi connectivity index (χ3v) is 3.07. The van der Waals surface area contributed by atoms with E-state index >= 15 is 0 Å². The Morgan fingerprint density at radius 2 is 2.40 bits per heavy atom. The predicted molar refractivity (Wildman–Crippen MR) is 60.9 cm³/mol. The van der Waals surface area contributed by atoms with Crippen LogP contribution >= 0.6 is 11.6 Å². The fourth-order valence-electron chi connectivity index (χ4n) is 1.99. The number of rotatable bonds is 2. The van der Waals surface area contributed by atoms with Crippen LogP contribution < -0.4 is 5.32 Å². The normalized spacial score (nSPS) is 18.3. The van der Waals surface area contributed by atoms with Crippen molar-refractivity contribution in [2.24, 2.45) is 0 Å². The molecule has 1 aliphatic carbocycles. The fourth-order valence-corrected chi connectivity index (χ4v) is 2.27. The third kappa shape index (κ3) is 1.90. The van der Waals surface area contributed by atoms with Crippen molar-refractivity contribution in [3.8, 4) is 0 Å². The summed E-state index contributed by atoms with van der Waals surface area (Å²) in [6.07, 6.45) is 3.14. The zero-order valence-corrected chi connectivity index (χ0v) is 9.05. The molecule has 1 N–H and O–H groups in total. The van der Waals surface area contributed by atoms with Crippen molar-refractivity contribution in [3.05, 3.63) is 47.0 Å². The van der Waals surface area contributed by atoms with Crippen molar-refractivity contribution in [2.75, 3.05) is 0 Å². The summed E-state index contributed by atoms with van der Waals surface area (Å²) in [4.78, 5) is 11.2. The topological polar surface area (TPSA) is 29.1 Å². The minimum absolute atomic E-state index is 0.0872. The van der Waals surface area contributed by atoms with Crippen LogP contribution in [0.5, 0.6) is 0 Å². The Hall–Kier alpha value is -1.28. The Balaban J connectivity index is 2.25. The summed E-state index contributed by atoms with van der Waals surface area (Å²) in [5, 5.41) is 3.69. The lowest BCUT2D eigenvalue weighted by Gasteiger charge is -2.12. The monoisotopic (exact) mass is 221 g/mol. The Labute approximate surface area is 93.9 Å². The molecule has 3 heteroatoms. The van der Waals surface area contributed by atoms with Gasteiger partial charge >= 0.3 is 0 Å². The molecule has 0 radical (unpaired) electrons. The molecule has 0 fully saturated rings. The second-order valence-corrected chi connectivity index (χ2v) is 4.02. The minimum Gasteiger partial charge on any atom is -0.346 e. The molecule has 15 heavy (non-hydrogen) atoms. The average Bonchev–Trinajstić information content (AvgIpc) is 2.63. The first kappa shape index (κ1) is 10.2. The number of amides is 1. The Bertz CT molecular complexity index is 414. The zero-order valence-electron chi connectivity index (χ0n) is 8.29. The lowest BCUT2D eigenvalue weighted by Crippen LogP contribution is -2.24. The van der Waals surface area contributed by atoms with E-state index in [2.05, 4.69) is 11.9 Å². The summed E-state index contributed by atoms with van der Waals surface area (Å²) in [7, 11) is 0. The molecule has 0 spiro atoms. The van der Waals surface area contributed by atoms with Gasteiger partial charge in [0, 0.05) is 5.02 Å². The molecule has 0 aromatic heterocycles. The van der Waals surface area contributed by atoms with Gasteiger partial charge in [0.15, 0.2) is 0 Å². The van der Waals surface area contributed by atoms with E-state index in [-0.39, 0.29) is 11.9 Å². The van der Waals surface area contributed by atoms with E-state index in [9.17, 15) is 4.79 Å². The molecule has 0 saturated heterocycles. The van der Waals surface area contributed by atoms with E-state index < -0.39 is 0 Å². The van der Waals surface area contributed by atoms with Crippen LogP contribution in [0.4, 0.5) is 0 Å². The molecule has 78 valence electrons. The number of fused-ring (bicyclic) bond motifs is 1. The molecular formula is C12H12ClNO. The van der Waals surface area contributed by atoms with Crippen molar-refractivity contribution < 1.29 is 4.79 Å². The smallest absolute Gasteiger partial charge is 0.243 e. The van der Waals surface area contributed by atoms with Crippen LogP contribution in [0, 0.1) is 0 Å². The van der Waals surface area contributed by atoms with Gasteiger partial charge < -0.3 is 5.32 Å². The van der Waals surface area contributed by atoms with Gasteiger partial charge in [-0.15, -0.1) is 0 Å². The van der Waals surface area contributed by atoms with Crippen molar-refractivity contribution in [1.29, 1.82) is 0 Å². The number of carbonyl (C=O) groups is 1. The molecule has 1 aliphatic rings. The van der Waals surface area contributed by atoms with Gasteiger partial charge in [-0.25, -0.2) is 0 Å². The third-order valence-electron chi connectivity index (χ3n) is 2.72. The number of hydrogen-bond donors (Lipinski definition) is 1. The van der Waals surface area contributed by atoms with Gasteiger partial charge in [-0.3, -0.25) is 4.79 Å². The summed E-state index contributed by atoms with van der Waals surface area (Å²) in [6.45, 7) is 3.44. The van der Waals surface area contributed by atoms with Gasteiger partial charge in [-0.1, -0.05) is 30.3 Å². The van der Waals surface area contributed by atoms with E-state index in [4.69, 9.17) is 11.6 Å². The number of benzene rings is 1. The molecule has 0 heterocycles. The van der Waals surface area contributed by atoms with E-state index in [1.807, 2.05) is 18.2 Å². The van der Waals surface area contributed by atoms with Gasteiger partial charge in [0.2, 0.25) is 5.91 Å². The van der Waals surface area contributed by atoms with E-state index in [0.29, 0.717) is 0 Å². The summed E-state index contributed by atoms with van der Waals surface area (Å²) >= 11 is 6.07. The molecule has 0 saturated carbocycles. The summed E-state index contributed by atoms with van der Waals surface area (Å²) in [5.74, 6) is -0.132. The van der Waals surface area contributed by atoms with Crippen LogP contribution in [0.2, 0.25) is 5.02 Å². The van der Waals surface area contributed by atoms with Crippen molar-refractivity contribution in [3.63, 3.8) is 0 Å². The minimum atomic E-state index is -0.132. The maximum atomic E-state index is 11.2. The van der Waals surface area contributed by atoms with E-state index in [1.165, 1.54) is 6.08 Å². The quantitative estimate of drug-likeness (QED) is 0.765. The predicted octanol–water partition coefficient (Wildman–Crippen LogP) is 2.63. The number of halogens is 1. The average molecular weight is 222 g/mol. The first-order valence-corrected chi connectivity index (χ1v) is 5.30. The number of hydrogen-bond acceptors (Lipinski definition) is 1. The van der Waals surface area contributed by atoms with Crippen LogP contribution in [-0.2, 0) is 11.2 Å². The van der Waals surface area contributed by atoms with Crippen LogP contribution in [0.3, 0.4) is 0 Å². The maximum Gasteiger partial charge on any atom is 0.243 e. The Morgan fingerprint density at radius 1 is 1.60 bits per heavy atom. The van der Waals surface area contributed by atoms with Gasteiger partial charge in [0.25, 0.3) is 0 Å². The lowest BCUT2D eigenvalue weighted by atomic mass is 10.1. The SMILES string of the molecule is C=CC(=O)NC1CCc2c(Cl)cccc21. The lowest BCUT2D eigenvalue weighted by molar-refractivity contribution is -0.117. The highest BCUT2D eigenvalue weighted by Gasteiger charge is 2.24. The number of nitrogens with one attached hydrogen (secondary N) is 1. The highest BCUT2D eigenvalue weighted by atomic mass is 35.5. The molecule has 1 aromatic rings. The molecule has 0 aliphatic heterocycles. The van der Waals surface area contributed by atoms with Crippen LogP contribution in [0.25, 0.3) is 0 Å². The second kappa shape index (κ2) is 4.07. The van der Waals surface area contributed by atoms with Crippen LogP contribution in [0.15, 0.2) is 30.9 Å². The van der Waals surface area contributed by atoms with Gasteiger partial charge in [0.05, 0.1) is 6.04 Å². The molecule has 1 unspecified atom stereocenters. The molecule has 2 nitrogen and oxygen atoms in total. The highest BCUT2D eigenvalue weighted by Crippen LogP contribution is 2.35. The highest BCUT2D eigenvalue weighted by molar-refractivity contribution is 6.31. The molecule has 1 atom stereocenters. The first-order chi connectivity index (χ1) is 7.22. The van der Waals surface area contributed by atoms with Crippen molar-refractivity contribution >= 4 is 17.5 Å². The van der Waals surface area contributed by atoms with Crippen LogP contribution in [-0.4, -0.2) is 5.91 Å². The molecular weight excluding hydrogens is 210 g/mol.